The Kier molecular flexibility index (Phi) is 6.48. The molecule has 2 amide bonds. The van der Waals surface area contributed by atoms with Crippen molar-refractivity contribution in [3.63, 3.8) is 0 Å². The molecule has 1 aromatic carbocycles. The number of thioether (sulfide) groups is 1. The molecule has 1 aliphatic rings. The van der Waals surface area contributed by atoms with Gasteiger partial charge in [0.05, 0.1) is 5.75 Å². The summed E-state index contributed by atoms with van der Waals surface area (Å²) in [5.41, 5.74) is 5.12. The minimum Gasteiger partial charge on any atom is -0.334 e. The number of nitrogens with one attached hydrogen (secondary N) is 3. The third-order valence-corrected chi connectivity index (χ3v) is 4.90. The number of nitrogens with two attached hydrogens (primary N) is 1. The van der Waals surface area contributed by atoms with E-state index < -0.39 is 0 Å². The Labute approximate surface area is 166 Å². The van der Waals surface area contributed by atoms with Crippen molar-refractivity contribution in [2.75, 3.05) is 27.7 Å². The molecular weight excluding hydrogens is 380 g/mol. The number of hydrogen-bond donors (Lipinski definition) is 4. The van der Waals surface area contributed by atoms with E-state index in [2.05, 4.69) is 31.4 Å². The first-order valence-corrected chi connectivity index (χ1v) is 9.82. The molecule has 28 heavy (non-hydrogen) atoms. The van der Waals surface area contributed by atoms with Gasteiger partial charge in [-0.2, -0.15) is 5.10 Å². The highest BCUT2D eigenvalue weighted by Gasteiger charge is 2.13. The number of rotatable bonds is 7. The summed E-state index contributed by atoms with van der Waals surface area (Å²) in [5.74, 6) is 5.98. The largest absolute Gasteiger partial charge is 0.334 e. The Morgan fingerprint density at radius 2 is 1.93 bits per heavy atom. The fourth-order valence-electron chi connectivity index (χ4n) is 2.68. The van der Waals surface area contributed by atoms with Crippen molar-refractivity contribution in [3.8, 4) is 0 Å². The van der Waals surface area contributed by atoms with Gasteiger partial charge in [0.1, 0.15) is 0 Å². The zero-order valence-corrected chi connectivity index (χ0v) is 16.3. The van der Waals surface area contributed by atoms with Crippen molar-refractivity contribution >= 4 is 46.6 Å². The Morgan fingerprint density at radius 1 is 1.21 bits per heavy atom. The van der Waals surface area contributed by atoms with Gasteiger partial charge in [-0.05, 0) is 43.9 Å². The fraction of sp³-hybridized carbons (Fsp3) is 0.353. The third-order valence-electron chi connectivity index (χ3n) is 3.96. The van der Waals surface area contributed by atoms with Gasteiger partial charge in [-0.15, -0.1) is 10.2 Å². The predicted molar refractivity (Wildman–Crippen MR) is 110 cm³/mol. The lowest BCUT2D eigenvalue weighted by atomic mass is 10.2. The first-order valence-electron chi connectivity index (χ1n) is 8.83. The van der Waals surface area contributed by atoms with E-state index in [9.17, 15) is 9.59 Å². The number of hydrazone groups is 1. The molecule has 1 heterocycles. The number of nitrogen functional groups attached to an aromatic ring is 1. The van der Waals surface area contributed by atoms with Crippen LogP contribution in [0.2, 0.25) is 0 Å². The number of amides is 2. The lowest BCUT2D eigenvalue weighted by Gasteiger charge is -2.08. The summed E-state index contributed by atoms with van der Waals surface area (Å²) >= 11 is 1.16. The van der Waals surface area contributed by atoms with Crippen molar-refractivity contribution in [2.24, 2.45) is 5.10 Å². The Hall–Kier alpha value is -3.08. The zero-order chi connectivity index (χ0) is 19.9. The van der Waals surface area contributed by atoms with Crippen LogP contribution in [-0.2, 0) is 9.59 Å². The molecule has 1 fully saturated rings. The molecule has 0 bridgehead atoms. The number of nitrogens with zero attached hydrogens (tertiary/aromatic N) is 4. The molecule has 3 rings (SSSR count). The molecular formula is C17H22N8O2S. The summed E-state index contributed by atoms with van der Waals surface area (Å²) in [6, 6.07) is 6.91. The molecule has 0 atom stereocenters. The average Bonchev–Trinajstić information content (AvgIpc) is 3.28. The molecule has 2 aromatic rings. The quantitative estimate of drug-likeness (QED) is 0.316. The Balaban J connectivity index is 1.52. The number of carbonyl (C=O) groups is 2. The van der Waals surface area contributed by atoms with Gasteiger partial charge < -0.3 is 16.5 Å². The van der Waals surface area contributed by atoms with Crippen LogP contribution in [0.25, 0.3) is 0 Å². The van der Waals surface area contributed by atoms with Crippen molar-refractivity contribution in [3.05, 3.63) is 24.3 Å². The minimum absolute atomic E-state index is 0.105. The summed E-state index contributed by atoms with van der Waals surface area (Å²) < 4.78 is 1.27. The number of aromatic nitrogens is 3. The van der Waals surface area contributed by atoms with E-state index >= 15 is 0 Å². The fourth-order valence-corrected chi connectivity index (χ4v) is 3.34. The van der Waals surface area contributed by atoms with Gasteiger partial charge in [0.2, 0.25) is 17.0 Å². The van der Waals surface area contributed by atoms with Crippen LogP contribution in [-0.4, -0.2) is 38.2 Å². The molecule has 0 aliphatic heterocycles. The summed E-state index contributed by atoms with van der Waals surface area (Å²) in [7, 11) is 0. The Morgan fingerprint density at radius 3 is 2.64 bits per heavy atom. The summed E-state index contributed by atoms with van der Waals surface area (Å²) in [5, 5.41) is 18.1. The maximum atomic E-state index is 12.2. The van der Waals surface area contributed by atoms with Crippen LogP contribution in [0.1, 0.15) is 32.6 Å². The normalized spacial score (nSPS) is 13.2. The average molecular weight is 402 g/mol. The zero-order valence-electron chi connectivity index (χ0n) is 15.4. The summed E-state index contributed by atoms with van der Waals surface area (Å²) in [4.78, 5) is 23.3. The number of anilines is 3. The lowest BCUT2D eigenvalue weighted by molar-refractivity contribution is -0.114. The van der Waals surface area contributed by atoms with Crippen molar-refractivity contribution in [2.45, 2.75) is 37.8 Å². The van der Waals surface area contributed by atoms with E-state index in [0.717, 1.165) is 43.2 Å². The molecule has 0 spiro atoms. The second-order valence-electron chi connectivity index (χ2n) is 6.27. The van der Waals surface area contributed by atoms with E-state index in [0.29, 0.717) is 22.5 Å². The SMILES string of the molecule is CC(=O)Nc1cccc(NC(=O)CSc2nnc(NN=C3CCCC3)n2N)c1. The van der Waals surface area contributed by atoms with Gasteiger partial charge in [-0.3, -0.25) is 9.59 Å². The van der Waals surface area contributed by atoms with E-state index in [4.69, 9.17) is 5.84 Å². The van der Waals surface area contributed by atoms with Gasteiger partial charge in [0.25, 0.3) is 5.95 Å². The van der Waals surface area contributed by atoms with Gasteiger partial charge in [-0.25, -0.2) is 10.1 Å². The second-order valence-corrected chi connectivity index (χ2v) is 7.21. The van der Waals surface area contributed by atoms with Gasteiger partial charge >= 0.3 is 0 Å². The Bertz CT molecular complexity index is 887. The second kappa shape index (κ2) is 9.22. The molecule has 1 aromatic heterocycles. The molecule has 0 unspecified atom stereocenters. The van der Waals surface area contributed by atoms with E-state index in [1.165, 1.54) is 11.6 Å². The van der Waals surface area contributed by atoms with E-state index in [-0.39, 0.29) is 17.6 Å². The van der Waals surface area contributed by atoms with Gasteiger partial charge in [0, 0.05) is 24.0 Å². The lowest BCUT2D eigenvalue weighted by Crippen LogP contribution is -2.17. The molecule has 0 saturated heterocycles. The molecule has 5 N–H and O–H groups in total. The first-order chi connectivity index (χ1) is 13.5. The van der Waals surface area contributed by atoms with Crippen LogP contribution in [0.3, 0.4) is 0 Å². The molecule has 0 radical (unpaired) electrons. The third kappa shape index (κ3) is 5.46. The summed E-state index contributed by atoms with van der Waals surface area (Å²) in [6.07, 6.45) is 4.27. The maximum Gasteiger partial charge on any atom is 0.264 e. The van der Waals surface area contributed by atoms with E-state index in [1.807, 2.05) is 0 Å². The highest BCUT2D eigenvalue weighted by molar-refractivity contribution is 7.99. The van der Waals surface area contributed by atoms with Crippen molar-refractivity contribution in [1.29, 1.82) is 0 Å². The van der Waals surface area contributed by atoms with E-state index in [1.54, 1.807) is 24.3 Å². The molecule has 148 valence electrons. The minimum atomic E-state index is -0.228. The van der Waals surface area contributed by atoms with Crippen LogP contribution >= 0.6 is 11.8 Å². The van der Waals surface area contributed by atoms with Crippen LogP contribution in [0.15, 0.2) is 34.5 Å². The standard InChI is InChI=1S/C17H22N8O2S/c1-11(26)19-13-7-4-8-14(9-13)20-15(27)10-28-17-24-23-16(25(17)18)22-21-12-5-2-3-6-12/h4,7-9H,2-3,5-6,10,18H2,1H3,(H,19,26)(H,20,27)(H,22,23). The first kappa shape index (κ1) is 19.7. The summed E-state index contributed by atoms with van der Waals surface area (Å²) in [6.45, 7) is 1.42. The number of carbonyl (C=O) groups excluding carboxylic acids is 2. The van der Waals surface area contributed by atoms with Crippen molar-refractivity contribution < 1.29 is 9.59 Å². The van der Waals surface area contributed by atoms with Crippen LogP contribution in [0.4, 0.5) is 17.3 Å². The van der Waals surface area contributed by atoms with Gasteiger partial charge in [0.15, 0.2) is 0 Å². The molecule has 1 saturated carbocycles. The highest BCUT2D eigenvalue weighted by Crippen LogP contribution is 2.19. The molecule has 1 aliphatic carbocycles. The predicted octanol–water partition coefficient (Wildman–Crippen LogP) is 2.02. The molecule has 11 heteroatoms. The smallest absolute Gasteiger partial charge is 0.264 e. The number of hydrogen-bond acceptors (Lipinski definition) is 8. The monoisotopic (exact) mass is 402 g/mol. The topological polar surface area (TPSA) is 139 Å². The van der Waals surface area contributed by atoms with Crippen molar-refractivity contribution in [1.82, 2.24) is 14.9 Å². The van der Waals surface area contributed by atoms with Gasteiger partial charge in [-0.1, -0.05) is 17.8 Å². The maximum absolute atomic E-state index is 12.2. The molecule has 10 nitrogen and oxygen atoms in total. The van der Waals surface area contributed by atoms with Crippen LogP contribution in [0.5, 0.6) is 0 Å². The van der Waals surface area contributed by atoms with Crippen LogP contribution in [0, 0.1) is 0 Å². The highest BCUT2D eigenvalue weighted by atomic mass is 32.2. The van der Waals surface area contributed by atoms with Crippen LogP contribution < -0.4 is 21.9 Å². The number of benzene rings is 1.